The zero-order valence-corrected chi connectivity index (χ0v) is 15.8. The first kappa shape index (κ1) is 18.8. The molecule has 0 atom stereocenters. The summed E-state index contributed by atoms with van der Waals surface area (Å²) < 4.78 is 39.6. The molecule has 1 aromatic carbocycles. The molecule has 0 amide bonds. The molecule has 3 rings (SSSR count). The Morgan fingerprint density at radius 1 is 1.15 bits per heavy atom. The number of benzene rings is 1. The second kappa shape index (κ2) is 8.13. The summed E-state index contributed by atoms with van der Waals surface area (Å²) in [6.45, 7) is 5.81. The van der Waals surface area contributed by atoms with E-state index in [1.165, 1.54) is 9.87 Å². The Morgan fingerprint density at radius 3 is 2.65 bits per heavy atom. The monoisotopic (exact) mass is 377 g/mol. The van der Waals surface area contributed by atoms with Gasteiger partial charge in [0.1, 0.15) is 5.75 Å². The number of ether oxygens (including phenoxy) is 2. The molecule has 1 N–H and O–H groups in total. The van der Waals surface area contributed by atoms with Gasteiger partial charge in [0.25, 0.3) is 10.2 Å². The molecule has 2 heterocycles. The van der Waals surface area contributed by atoms with E-state index in [9.17, 15) is 8.42 Å². The molecule has 0 radical (unpaired) electrons. The maximum Gasteiger partial charge on any atom is 0.279 e. The fourth-order valence-corrected chi connectivity index (χ4v) is 3.73. The lowest BCUT2D eigenvalue weighted by atomic mass is 10.1. The average molecular weight is 377 g/mol. The molecular formula is C18H23N3O4S. The molecule has 0 bridgehead atoms. The lowest BCUT2D eigenvalue weighted by molar-refractivity contribution is 0.0725. The topological polar surface area (TPSA) is 80.8 Å². The maximum absolute atomic E-state index is 12.3. The van der Waals surface area contributed by atoms with Crippen molar-refractivity contribution in [1.82, 2.24) is 14.0 Å². The molecular weight excluding hydrogens is 354 g/mol. The van der Waals surface area contributed by atoms with Crippen LogP contribution in [-0.4, -0.2) is 44.0 Å². The van der Waals surface area contributed by atoms with Crippen LogP contribution in [0.3, 0.4) is 0 Å². The van der Waals surface area contributed by atoms with Crippen LogP contribution in [0, 0.1) is 13.8 Å². The first-order chi connectivity index (χ1) is 12.4. The van der Waals surface area contributed by atoms with Gasteiger partial charge in [0, 0.05) is 31.9 Å². The predicted molar refractivity (Wildman–Crippen MR) is 98.4 cm³/mol. The molecule has 1 aromatic heterocycles. The van der Waals surface area contributed by atoms with E-state index in [2.05, 4.69) is 9.71 Å². The van der Waals surface area contributed by atoms with Crippen molar-refractivity contribution in [3.05, 3.63) is 53.2 Å². The summed E-state index contributed by atoms with van der Waals surface area (Å²) in [6.07, 6.45) is 1.61. The molecule has 0 unspecified atom stereocenters. The van der Waals surface area contributed by atoms with E-state index in [0.29, 0.717) is 37.9 Å². The Labute approximate surface area is 154 Å². The minimum Gasteiger partial charge on any atom is -0.439 e. The molecule has 140 valence electrons. The van der Waals surface area contributed by atoms with E-state index in [-0.39, 0.29) is 6.54 Å². The van der Waals surface area contributed by atoms with Gasteiger partial charge in [-0.15, -0.1) is 0 Å². The molecule has 1 fully saturated rings. The first-order valence-electron chi connectivity index (χ1n) is 8.46. The molecule has 7 nitrogen and oxygen atoms in total. The molecule has 0 saturated carbocycles. The first-order valence-corrected chi connectivity index (χ1v) is 9.90. The van der Waals surface area contributed by atoms with Crippen LogP contribution < -0.4 is 9.46 Å². The van der Waals surface area contributed by atoms with Crippen molar-refractivity contribution < 1.29 is 17.9 Å². The lowest BCUT2D eigenvalue weighted by Gasteiger charge is -2.26. The van der Waals surface area contributed by atoms with Crippen molar-refractivity contribution in [3.8, 4) is 11.6 Å². The summed E-state index contributed by atoms with van der Waals surface area (Å²) in [6, 6.07) is 9.32. The van der Waals surface area contributed by atoms with E-state index >= 15 is 0 Å². The van der Waals surface area contributed by atoms with Gasteiger partial charge in [0.05, 0.1) is 13.2 Å². The fourth-order valence-electron chi connectivity index (χ4n) is 2.57. The second-order valence-corrected chi connectivity index (χ2v) is 7.94. The van der Waals surface area contributed by atoms with Crippen LogP contribution in [0.5, 0.6) is 11.6 Å². The van der Waals surface area contributed by atoms with Crippen LogP contribution in [0.2, 0.25) is 0 Å². The van der Waals surface area contributed by atoms with Crippen molar-refractivity contribution in [2.45, 2.75) is 20.4 Å². The van der Waals surface area contributed by atoms with Gasteiger partial charge >= 0.3 is 0 Å². The van der Waals surface area contributed by atoms with E-state index in [1.807, 2.05) is 32.0 Å². The van der Waals surface area contributed by atoms with Gasteiger partial charge in [-0.2, -0.15) is 17.4 Å². The van der Waals surface area contributed by atoms with Crippen LogP contribution in [-0.2, 0) is 21.5 Å². The third kappa shape index (κ3) is 4.79. The van der Waals surface area contributed by atoms with Gasteiger partial charge in [0.15, 0.2) is 0 Å². The Morgan fingerprint density at radius 2 is 1.92 bits per heavy atom. The zero-order chi connectivity index (χ0) is 18.6. The van der Waals surface area contributed by atoms with Crippen molar-refractivity contribution in [2.75, 3.05) is 26.3 Å². The Hall–Kier alpha value is -2.00. The Balaban J connectivity index is 1.64. The standard InChI is InChI=1S/C18H23N3O4S/c1-14-3-4-17(11-15(14)2)25-18-12-16(5-6-19-18)13-20-26(22,23)21-7-9-24-10-8-21/h3-6,11-12,20H,7-10,13H2,1-2H3. The molecule has 8 heteroatoms. The summed E-state index contributed by atoms with van der Waals surface area (Å²) in [4.78, 5) is 4.19. The fraction of sp³-hybridized carbons (Fsp3) is 0.389. The summed E-state index contributed by atoms with van der Waals surface area (Å²) in [7, 11) is -3.52. The van der Waals surface area contributed by atoms with Crippen LogP contribution in [0.4, 0.5) is 0 Å². The Kier molecular flexibility index (Phi) is 5.87. The smallest absolute Gasteiger partial charge is 0.279 e. The molecule has 0 spiro atoms. The predicted octanol–water partition coefficient (Wildman–Crippen LogP) is 2.16. The number of pyridine rings is 1. The number of aryl methyl sites for hydroxylation is 2. The lowest BCUT2D eigenvalue weighted by Crippen LogP contribution is -2.46. The number of nitrogens with zero attached hydrogens (tertiary/aromatic N) is 2. The molecule has 1 aliphatic heterocycles. The van der Waals surface area contributed by atoms with E-state index in [4.69, 9.17) is 9.47 Å². The third-order valence-electron chi connectivity index (χ3n) is 4.27. The van der Waals surface area contributed by atoms with Gasteiger partial charge in [-0.3, -0.25) is 0 Å². The van der Waals surface area contributed by atoms with Crippen LogP contribution in [0.25, 0.3) is 0 Å². The van der Waals surface area contributed by atoms with Gasteiger partial charge in [-0.1, -0.05) is 6.07 Å². The number of rotatable bonds is 6. The molecule has 1 aliphatic rings. The zero-order valence-electron chi connectivity index (χ0n) is 14.9. The van der Waals surface area contributed by atoms with Crippen molar-refractivity contribution in [2.24, 2.45) is 0 Å². The average Bonchev–Trinajstić information content (AvgIpc) is 2.64. The second-order valence-electron chi connectivity index (χ2n) is 6.19. The maximum atomic E-state index is 12.3. The van der Waals surface area contributed by atoms with Crippen molar-refractivity contribution in [3.63, 3.8) is 0 Å². The summed E-state index contributed by atoms with van der Waals surface area (Å²) >= 11 is 0. The number of morpholine rings is 1. The largest absolute Gasteiger partial charge is 0.439 e. The number of hydrogen-bond donors (Lipinski definition) is 1. The number of aromatic nitrogens is 1. The van der Waals surface area contributed by atoms with Gasteiger partial charge in [-0.05, 0) is 48.7 Å². The minimum atomic E-state index is -3.52. The van der Waals surface area contributed by atoms with Crippen LogP contribution >= 0.6 is 0 Å². The van der Waals surface area contributed by atoms with Crippen LogP contribution in [0.1, 0.15) is 16.7 Å². The quantitative estimate of drug-likeness (QED) is 0.834. The minimum absolute atomic E-state index is 0.172. The van der Waals surface area contributed by atoms with Gasteiger partial charge < -0.3 is 9.47 Å². The van der Waals surface area contributed by atoms with Gasteiger partial charge in [-0.25, -0.2) is 4.98 Å². The summed E-state index contributed by atoms with van der Waals surface area (Å²) in [5, 5.41) is 0. The molecule has 1 saturated heterocycles. The van der Waals surface area contributed by atoms with E-state index < -0.39 is 10.2 Å². The SMILES string of the molecule is Cc1ccc(Oc2cc(CNS(=O)(=O)N3CCOCC3)ccn2)cc1C. The van der Waals surface area contributed by atoms with Gasteiger partial charge in [0.2, 0.25) is 5.88 Å². The Bertz CT molecular complexity index is 864. The molecule has 2 aromatic rings. The summed E-state index contributed by atoms with van der Waals surface area (Å²) in [5.41, 5.74) is 3.10. The molecule has 0 aliphatic carbocycles. The van der Waals surface area contributed by atoms with E-state index in [1.54, 1.807) is 18.3 Å². The van der Waals surface area contributed by atoms with Crippen LogP contribution in [0.15, 0.2) is 36.5 Å². The van der Waals surface area contributed by atoms with Crippen molar-refractivity contribution in [1.29, 1.82) is 0 Å². The highest BCUT2D eigenvalue weighted by molar-refractivity contribution is 7.87. The molecule has 26 heavy (non-hydrogen) atoms. The highest BCUT2D eigenvalue weighted by atomic mass is 32.2. The van der Waals surface area contributed by atoms with E-state index in [0.717, 1.165) is 11.1 Å². The van der Waals surface area contributed by atoms with Crippen molar-refractivity contribution >= 4 is 10.2 Å². The third-order valence-corrected chi connectivity index (χ3v) is 5.82. The highest BCUT2D eigenvalue weighted by Gasteiger charge is 2.23. The number of nitrogens with one attached hydrogen (secondary N) is 1. The number of hydrogen-bond acceptors (Lipinski definition) is 5. The highest BCUT2D eigenvalue weighted by Crippen LogP contribution is 2.22. The normalized spacial score (nSPS) is 15.8. The summed E-state index contributed by atoms with van der Waals surface area (Å²) in [5.74, 6) is 1.13.